The van der Waals surface area contributed by atoms with Gasteiger partial charge in [-0.25, -0.2) is 4.79 Å². The molecule has 5 nitrogen and oxygen atoms in total. The van der Waals surface area contributed by atoms with E-state index in [1.165, 1.54) is 18.2 Å². The number of esters is 1. The second-order valence-electron chi connectivity index (χ2n) is 8.40. The first kappa shape index (κ1) is 23.8. The molecule has 0 bridgehead atoms. The van der Waals surface area contributed by atoms with Gasteiger partial charge in [-0.1, -0.05) is 48.5 Å². The maximum atomic E-state index is 11.9. The van der Waals surface area contributed by atoms with Crippen LogP contribution in [-0.4, -0.2) is 32.4 Å². The summed E-state index contributed by atoms with van der Waals surface area (Å²) in [4.78, 5) is 11.9. The third-order valence-corrected chi connectivity index (χ3v) is 6.14. The second-order valence-corrected chi connectivity index (χ2v) is 8.40. The molecule has 0 amide bonds. The Labute approximate surface area is 201 Å². The monoisotopic (exact) mass is 460 g/mol. The highest BCUT2D eigenvalue weighted by Gasteiger charge is 2.26. The van der Waals surface area contributed by atoms with E-state index >= 15 is 0 Å². The topological polar surface area (TPSA) is 54.0 Å². The van der Waals surface area contributed by atoms with Gasteiger partial charge >= 0.3 is 5.97 Å². The van der Waals surface area contributed by atoms with Gasteiger partial charge < -0.3 is 18.9 Å². The zero-order chi connectivity index (χ0) is 23.8. The Hall–Kier alpha value is -3.31. The molecule has 1 unspecified atom stereocenters. The fourth-order valence-corrected chi connectivity index (χ4v) is 4.39. The highest BCUT2D eigenvalue weighted by atomic mass is 16.6. The van der Waals surface area contributed by atoms with Crippen LogP contribution in [0.1, 0.15) is 48.8 Å². The average Bonchev–Trinajstić information content (AvgIpc) is 2.87. The number of carbonyl (C=O) groups excluding carboxylic acids is 1. The van der Waals surface area contributed by atoms with Crippen molar-refractivity contribution in [3.8, 4) is 17.2 Å². The van der Waals surface area contributed by atoms with Gasteiger partial charge in [0.2, 0.25) is 0 Å². The van der Waals surface area contributed by atoms with Crippen molar-refractivity contribution in [1.29, 1.82) is 0 Å². The van der Waals surface area contributed by atoms with Crippen molar-refractivity contribution in [1.82, 2.24) is 0 Å². The van der Waals surface area contributed by atoms with Gasteiger partial charge in [-0.3, -0.25) is 0 Å². The van der Waals surface area contributed by atoms with Crippen LogP contribution in [0.25, 0.3) is 0 Å². The third kappa shape index (κ3) is 5.78. The summed E-state index contributed by atoms with van der Waals surface area (Å²) >= 11 is 0. The van der Waals surface area contributed by atoms with Crippen LogP contribution in [0, 0.1) is 0 Å². The molecule has 3 aromatic carbocycles. The van der Waals surface area contributed by atoms with Gasteiger partial charge in [0.1, 0.15) is 17.2 Å². The van der Waals surface area contributed by atoms with Crippen molar-refractivity contribution in [2.24, 2.45) is 0 Å². The van der Waals surface area contributed by atoms with Gasteiger partial charge in [-0.2, -0.15) is 0 Å². The van der Waals surface area contributed by atoms with Crippen LogP contribution < -0.4 is 9.47 Å². The summed E-state index contributed by atoms with van der Waals surface area (Å²) in [5, 5.41) is 0. The molecule has 0 N–H and O–H groups in total. The summed E-state index contributed by atoms with van der Waals surface area (Å²) < 4.78 is 22.4. The molecule has 5 heteroatoms. The lowest BCUT2D eigenvalue weighted by Crippen LogP contribution is -2.27. The van der Waals surface area contributed by atoms with Gasteiger partial charge in [0, 0.05) is 30.6 Å². The lowest BCUT2D eigenvalue weighted by molar-refractivity contribution is -0.154. The van der Waals surface area contributed by atoms with Gasteiger partial charge in [-0.15, -0.1) is 0 Å². The van der Waals surface area contributed by atoms with Crippen molar-refractivity contribution >= 4 is 5.97 Å². The molecular weight excluding hydrogens is 428 g/mol. The van der Waals surface area contributed by atoms with Crippen molar-refractivity contribution in [2.45, 2.75) is 44.6 Å². The maximum absolute atomic E-state index is 11.9. The number of hydrogen-bond donors (Lipinski definition) is 0. The minimum Gasteiger partial charge on any atom is -0.494 e. The summed E-state index contributed by atoms with van der Waals surface area (Å²) in [6.07, 6.45) is 2.96. The van der Waals surface area contributed by atoms with E-state index in [0.717, 1.165) is 42.1 Å². The van der Waals surface area contributed by atoms with E-state index in [1.54, 1.807) is 6.92 Å². The molecule has 1 heterocycles. The van der Waals surface area contributed by atoms with E-state index in [0.29, 0.717) is 25.6 Å². The molecule has 1 aliphatic rings. The van der Waals surface area contributed by atoms with Crippen LogP contribution in [0.4, 0.5) is 0 Å². The Morgan fingerprint density at radius 1 is 0.912 bits per heavy atom. The van der Waals surface area contributed by atoms with Crippen molar-refractivity contribution in [3.05, 3.63) is 89.5 Å². The summed E-state index contributed by atoms with van der Waals surface area (Å²) in [5.41, 5.74) is 3.52. The molecule has 0 aliphatic carbocycles. The van der Waals surface area contributed by atoms with Crippen LogP contribution in [0.3, 0.4) is 0 Å². The van der Waals surface area contributed by atoms with Crippen LogP contribution in [0.15, 0.2) is 72.8 Å². The number of para-hydroxylation sites is 2. The van der Waals surface area contributed by atoms with E-state index in [9.17, 15) is 4.79 Å². The SMILES string of the molecule is CCOC(=O)C(Cc1ccc(OCCCCC2c3ccccc3Oc3ccccc32)cc1)OC. The first-order valence-corrected chi connectivity index (χ1v) is 12.0. The molecule has 0 spiro atoms. The minimum absolute atomic E-state index is 0.333. The van der Waals surface area contributed by atoms with E-state index in [2.05, 4.69) is 24.3 Å². The van der Waals surface area contributed by atoms with Crippen LogP contribution in [0.5, 0.6) is 17.2 Å². The van der Waals surface area contributed by atoms with Gasteiger partial charge in [-0.05, 0) is 56.0 Å². The summed E-state index contributed by atoms with van der Waals surface area (Å²) in [6, 6.07) is 24.5. The lowest BCUT2D eigenvalue weighted by atomic mass is 9.84. The number of ether oxygens (including phenoxy) is 4. The molecule has 3 aromatic rings. The minimum atomic E-state index is -0.591. The zero-order valence-electron chi connectivity index (χ0n) is 19.9. The predicted octanol–water partition coefficient (Wildman–Crippen LogP) is 6.29. The Kier molecular flexibility index (Phi) is 8.21. The third-order valence-electron chi connectivity index (χ3n) is 6.14. The van der Waals surface area contributed by atoms with Crippen LogP contribution >= 0.6 is 0 Å². The molecule has 0 fully saturated rings. The Bertz CT molecular complexity index is 1030. The highest BCUT2D eigenvalue weighted by molar-refractivity contribution is 5.75. The fraction of sp³-hybridized carbons (Fsp3) is 0.345. The number of rotatable bonds is 11. The molecule has 0 saturated carbocycles. The average molecular weight is 461 g/mol. The van der Waals surface area contributed by atoms with E-state index in [-0.39, 0.29) is 5.97 Å². The Morgan fingerprint density at radius 2 is 1.56 bits per heavy atom. The zero-order valence-corrected chi connectivity index (χ0v) is 19.9. The van der Waals surface area contributed by atoms with Crippen molar-refractivity contribution in [2.75, 3.05) is 20.3 Å². The highest BCUT2D eigenvalue weighted by Crippen LogP contribution is 2.45. The summed E-state index contributed by atoms with van der Waals surface area (Å²) in [5.74, 6) is 2.76. The summed E-state index contributed by atoms with van der Waals surface area (Å²) in [7, 11) is 1.52. The van der Waals surface area contributed by atoms with Crippen LogP contribution in [-0.2, 0) is 20.7 Å². The standard InChI is InChI=1S/C29H32O5/c1-3-32-29(30)28(31-2)20-21-15-17-22(18-16-21)33-19-9-8-10-23-24-11-4-6-13-26(24)34-27-14-7-5-12-25(23)27/h4-7,11-18,23,28H,3,8-10,19-20H2,1-2H3. The van der Waals surface area contributed by atoms with Gasteiger partial charge in [0.25, 0.3) is 0 Å². The molecule has 178 valence electrons. The number of unbranched alkanes of at least 4 members (excludes halogenated alkanes) is 1. The van der Waals surface area contributed by atoms with Crippen LogP contribution in [0.2, 0.25) is 0 Å². The molecule has 34 heavy (non-hydrogen) atoms. The van der Waals surface area contributed by atoms with E-state index in [4.69, 9.17) is 18.9 Å². The Balaban J connectivity index is 1.26. The van der Waals surface area contributed by atoms with Crippen molar-refractivity contribution in [3.63, 3.8) is 0 Å². The second kappa shape index (κ2) is 11.7. The molecule has 1 atom stereocenters. The van der Waals surface area contributed by atoms with Gasteiger partial charge in [0.15, 0.2) is 6.10 Å². The van der Waals surface area contributed by atoms with E-state index in [1.807, 2.05) is 48.5 Å². The normalized spacial score (nSPS) is 13.4. The number of carbonyl (C=O) groups is 1. The van der Waals surface area contributed by atoms with Crippen molar-refractivity contribution < 1.29 is 23.7 Å². The van der Waals surface area contributed by atoms with E-state index < -0.39 is 6.10 Å². The molecule has 4 rings (SSSR count). The smallest absolute Gasteiger partial charge is 0.335 e. The Morgan fingerprint density at radius 3 is 2.18 bits per heavy atom. The fourth-order valence-electron chi connectivity index (χ4n) is 4.39. The molecule has 0 radical (unpaired) electrons. The lowest BCUT2D eigenvalue weighted by Gasteiger charge is -2.28. The first-order chi connectivity index (χ1) is 16.7. The number of fused-ring (bicyclic) bond motifs is 2. The van der Waals surface area contributed by atoms with Gasteiger partial charge in [0.05, 0.1) is 13.2 Å². The molecule has 0 saturated heterocycles. The maximum Gasteiger partial charge on any atom is 0.335 e. The molecule has 1 aliphatic heterocycles. The number of hydrogen-bond acceptors (Lipinski definition) is 5. The molecule has 0 aromatic heterocycles. The number of benzene rings is 3. The largest absolute Gasteiger partial charge is 0.494 e. The summed E-state index contributed by atoms with van der Waals surface area (Å²) in [6.45, 7) is 2.80. The first-order valence-electron chi connectivity index (χ1n) is 12.0. The quantitative estimate of drug-likeness (QED) is 0.248. The molecular formula is C29H32O5. The number of methoxy groups -OCH3 is 1. The predicted molar refractivity (Wildman–Crippen MR) is 132 cm³/mol.